The Kier molecular flexibility index (Phi) is 3.56. The fourth-order valence-electron chi connectivity index (χ4n) is 1.99. The summed E-state index contributed by atoms with van der Waals surface area (Å²) in [4.78, 5) is 16.7. The summed E-state index contributed by atoms with van der Waals surface area (Å²) in [6.07, 6.45) is 4.94. The molecule has 102 valence electrons. The molecule has 0 unspecified atom stereocenters. The van der Waals surface area contributed by atoms with Gasteiger partial charge in [0.1, 0.15) is 6.61 Å². The van der Waals surface area contributed by atoms with Gasteiger partial charge in [-0.05, 0) is 24.3 Å². The Morgan fingerprint density at radius 2 is 2.15 bits per heavy atom. The van der Waals surface area contributed by atoms with E-state index in [4.69, 9.17) is 4.74 Å². The quantitative estimate of drug-likeness (QED) is 0.691. The molecule has 1 aliphatic rings. The van der Waals surface area contributed by atoms with E-state index in [9.17, 15) is 4.79 Å². The van der Waals surface area contributed by atoms with Gasteiger partial charge in [0.15, 0.2) is 5.70 Å². The summed E-state index contributed by atoms with van der Waals surface area (Å²) >= 11 is 3.36. The monoisotopic (exact) mass is 333 g/mol. The van der Waals surface area contributed by atoms with Crippen molar-refractivity contribution in [3.8, 4) is 0 Å². The highest BCUT2D eigenvalue weighted by Gasteiger charge is 2.23. The van der Waals surface area contributed by atoms with Crippen molar-refractivity contribution >= 4 is 27.4 Å². The van der Waals surface area contributed by atoms with Crippen LogP contribution >= 0.6 is 15.9 Å². The standard InChI is InChI=1S/C14H12BrN3O2/c15-11-3-1-10(2-4-11)13(19)12(14-17-6-8-20-14)18-7-5-16-9-18/h1-5,7,9,17H,6,8H2. The number of hydrogen-bond donors (Lipinski definition) is 1. The number of aromatic nitrogens is 2. The molecule has 0 amide bonds. The smallest absolute Gasteiger partial charge is 0.216 e. The highest BCUT2D eigenvalue weighted by atomic mass is 79.9. The zero-order valence-electron chi connectivity index (χ0n) is 10.5. The molecule has 0 atom stereocenters. The molecule has 2 aromatic rings. The van der Waals surface area contributed by atoms with Gasteiger partial charge in [0.25, 0.3) is 0 Å². The lowest BCUT2D eigenvalue weighted by Gasteiger charge is -2.11. The van der Waals surface area contributed by atoms with E-state index < -0.39 is 0 Å². The third kappa shape index (κ3) is 2.46. The minimum Gasteiger partial charge on any atom is -0.476 e. The SMILES string of the molecule is O=C(C(=C1NCCO1)n1ccnc1)c1ccc(Br)cc1. The number of imidazole rings is 1. The number of allylic oxidation sites excluding steroid dienone is 1. The van der Waals surface area contributed by atoms with Crippen LogP contribution in [-0.4, -0.2) is 28.5 Å². The van der Waals surface area contributed by atoms with Crippen molar-refractivity contribution in [2.45, 2.75) is 0 Å². The van der Waals surface area contributed by atoms with Gasteiger partial charge in [-0.1, -0.05) is 15.9 Å². The van der Waals surface area contributed by atoms with E-state index in [0.717, 1.165) is 4.47 Å². The van der Waals surface area contributed by atoms with Gasteiger partial charge in [0.2, 0.25) is 11.7 Å². The van der Waals surface area contributed by atoms with Crippen LogP contribution in [0, 0.1) is 0 Å². The van der Waals surface area contributed by atoms with E-state index >= 15 is 0 Å². The van der Waals surface area contributed by atoms with Gasteiger partial charge in [-0.2, -0.15) is 0 Å². The van der Waals surface area contributed by atoms with Crippen LogP contribution in [0.1, 0.15) is 10.4 Å². The van der Waals surface area contributed by atoms with Crippen molar-refractivity contribution in [1.82, 2.24) is 14.9 Å². The van der Waals surface area contributed by atoms with E-state index in [1.54, 1.807) is 35.4 Å². The van der Waals surface area contributed by atoms with Crippen molar-refractivity contribution < 1.29 is 9.53 Å². The molecule has 20 heavy (non-hydrogen) atoms. The number of ether oxygens (including phenoxy) is 1. The summed E-state index contributed by atoms with van der Waals surface area (Å²) in [6, 6.07) is 7.23. The van der Waals surface area contributed by atoms with Gasteiger partial charge < -0.3 is 10.1 Å². The lowest BCUT2D eigenvalue weighted by atomic mass is 10.1. The molecule has 1 aromatic heterocycles. The number of nitrogens with zero attached hydrogens (tertiary/aromatic N) is 2. The highest BCUT2D eigenvalue weighted by molar-refractivity contribution is 9.10. The fraction of sp³-hybridized carbons (Fsp3) is 0.143. The van der Waals surface area contributed by atoms with E-state index in [2.05, 4.69) is 26.2 Å². The second-order valence-electron chi connectivity index (χ2n) is 4.26. The maximum Gasteiger partial charge on any atom is 0.216 e. The molecule has 0 aliphatic carbocycles. The Labute approximate surface area is 124 Å². The summed E-state index contributed by atoms with van der Waals surface area (Å²) in [7, 11) is 0. The van der Waals surface area contributed by atoms with Gasteiger partial charge in [0.05, 0.1) is 12.9 Å². The molecule has 1 aliphatic heterocycles. The first-order valence-electron chi connectivity index (χ1n) is 6.15. The third-order valence-corrected chi connectivity index (χ3v) is 3.46. The van der Waals surface area contributed by atoms with Gasteiger partial charge >= 0.3 is 0 Å². The van der Waals surface area contributed by atoms with Crippen LogP contribution in [-0.2, 0) is 4.74 Å². The molecule has 1 fully saturated rings. The Morgan fingerprint density at radius 1 is 1.35 bits per heavy atom. The molecule has 1 aromatic carbocycles. The summed E-state index contributed by atoms with van der Waals surface area (Å²) in [5.41, 5.74) is 1.05. The number of ketones is 1. The van der Waals surface area contributed by atoms with E-state index in [1.807, 2.05) is 12.1 Å². The number of carbonyl (C=O) groups excluding carboxylic acids is 1. The predicted molar refractivity (Wildman–Crippen MR) is 77.9 cm³/mol. The Morgan fingerprint density at radius 3 is 2.75 bits per heavy atom. The van der Waals surface area contributed by atoms with Gasteiger partial charge in [-0.15, -0.1) is 0 Å². The number of benzene rings is 1. The maximum absolute atomic E-state index is 12.7. The number of nitrogens with one attached hydrogen (secondary N) is 1. The molecule has 1 saturated heterocycles. The molecule has 3 rings (SSSR count). The molecule has 0 spiro atoms. The lowest BCUT2D eigenvalue weighted by molar-refractivity contribution is 0.104. The second kappa shape index (κ2) is 5.50. The lowest BCUT2D eigenvalue weighted by Crippen LogP contribution is -2.16. The molecule has 1 N–H and O–H groups in total. The minimum absolute atomic E-state index is 0.111. The summed E-state index contributed by atoms with van der Waals surface area (Å²) < 4.78 is 8.09. The largest absolute Gasteiger partial charge is 0.476 e. The molecular formula is C14H12BrN3O2. The molecule has 0 radical (unpaired) electrons. The molecule has 0 bridgehead atoms. The molecule has 6 heteroatoms. The van der Waals surface area contributed by atoms with Crippen LogP contribution in [0.5, 0.6) is 0 Å². The van der Waals surface area contributed by atoms with Crippen LogP contribution in [0.4, 0.5) is 0 Å². The number of Topliss-reactive ketones (excluding diaryl/α,β-unsaturated/α-hetero) is 1. The molecule has 5 nitrogen and oxygen atoms in total. The second-order valence-corrected chi connectivity index (χ2v) is 5.17. The van der Waals surface area contributed by atoms with Crippen molar-refractivity contribution in [2.24, 2.45) is 0 Å². The highest BCUT2D eigenvalue weighted by Crippen LogP contribution is 2.20. The van der Waals surface area contributed by atoms with Crippen LogP contribution < -0.4 is 5.32 Å². The Hall–Kier alpha value is -2.08. The molecule has 0 saturated carbocycles. The summed E-state index contributed by atoms with van der Waals surface area (Å²) in [6.45, 7) is 1.25. The van der Waals surface area contributed by atoms with Gasteiger partial charge in [-0.3, -0.25) is 9.36 Å². The number of rotatable bonds is 3. The van der Waals surface area contributed by atoms with Crippen LogP contribution in [0.2, 0.25) is 0 Å². The van der Waals surface area contributed by atoms with Gasteiger partial charge in [0, 0.05) is 22.4 Å². The van der Waals surface area contributed by atoms with Crippen LogP contribution in [0.15, 0.2) is 53.3 Å². The first-order valence-corrected chi connectivity index (χ1v) is 6.94. The fourth-order valence-corrected chi connectivity index (χ4v) is 2.25. The third-order valence-electron chi connectivity index (χ3n) is 2.93. The maximum atomic E-state index is 12.7. The minimum atomic E-state index is -0.111. The first-order chi connectivity index (χ1) is 9.75. The number of halogens is 1. The van der Waals surface area contributed by atoms with Gasteiger partial charge in [-0.25, -0.2) is 4.98 Å². The summed E-state index contributed by atoms with van der Waals surface area (Å²) in [5.74, 6) is 0.385. The first kappa shape index (κ1) is 12.9. The number of hydrogen-bond acceptors (Lipinski definition) is 4. The van der Waals surface area contributed by atoms with E-state index in [1.165, 1.54) is 0 Å². The topological polar surface area (TPSA) is 56.1 Å². The normalized spacial score (nSPS) is 16.4. The van der Waals surface area contributed by atoms with E-state index in [0.29, 0.717) is 30.3 Å². The van der Waals surface area contributed by atoms with Crippen LogP contribution in [0.25, 0.3) is 5.70 Å². The molecular weight excluding hydrogens is 322 g/mol. The molecule has 2 heterocycles. The van der Waals surface area contributed by atoms with Crippen molar-refractivity contribution in [1.29, 1.82) is 0 Å². The Balaban J connectivity index is 2.04. The Bertz CT molecular complexity index is 640. The number of carbonyl (C=O) groups is 1. The zero-order chi connectivity index (χ0) is 13.9. The van der Waals surface area contributed by atoms with Crippen molar-refractivity contribution in [2.75, 3.05) is 13.2 Å². The zero-order valence-corrected chi connectivity index (χ0v) is 12.1. The van der Waals surface area contributed by atoms with E-state index in [-0.39, 0.29) is 5.78 Å². The summed E-state index contributed by atoms with van der Waals surface area (Å²) in [5, 5.41) is 3.09. The van der Waals surface area contributed by atoms with Crippen molar-refractivity contribution in [3.05, 3.63) is 58.9 Å². The average molecular weight is 334 g/mol. The predicted octanol–water partition coefficient (Wildman–Crippen LogP) is 2.27. The average Bonchev–Trinajstić information content (AvgIpc) is 3.13. The van der Waals surface area contributed by atoms with Crippen LogP contribution in [0.3, 0.4) is 0 Å². The van der Waals surface area contributed by atoms with Crippen molar-refractivity contribution in [3.63, 3.8) is 0 Å².